The second-order valence-corrected chi connectivity index (χ2v) is 5.21. The summed E-state index contributed by atoms with van der Waals surface area (Å²) in [6, 6.07) is 2.34. The van der Waals surface area contributed by atoms with Gasteiger partial charge in [-0.25, -0.2) is 0 Å². The van der Waals surface area contributed by atoms with Crippen LogP contribution in [0.2, 0.25) is 0 Å². The second-order valence-electron chi connectivity index (χ2n) is 5.21. The van der Waals surface area contributed by atoms with Crippen molar-refractivity contribution in [3.8, 4) is 0 Å². The van der Waals surface area contributed by atoms with E-state index >= 15 is 0 Å². The number of anilines is 1. The predicted molar refractivity (Wildman–Crippen MR) is 73.0 cm³/mol. The minimum absolute atomic E-state index is 0.0727. The van der Waals surface area contributed by atoms with Gasteiger partial charge in [0, 0.05) is 12.1 Å². The van der Waals surface area contributed by atoms with E-state index in [0.29, 0.717) is 12.1 Å². The highest BCUT2D eigenvalue weighted by atomic mass is 19.4. The SMILES string of the molecule is CCCC(=O)NC(Nc1ccccc1C(F)(F)F)(C(F)(F)F)C(F)(F)F. The average Bonchev–Trinajstić information content (AvgIpc) is 2.43. The van der Waals surface area contributed by atoms with Crippen molar-refractivity contribution in [1.29, 1.82) is 0 Å². The summed E-state index contributed by atoms with van der Waals surface area (Å²) in [7, 11) is 0. The van der Waals surface area contributed by atoms with E-state index in [1.54, 1.807) is 0 Å². The van der Waals surface area contributed by atoms with Crippen LogP contribution in [0.25, 0.3) is 0 Å². The first-order valence-electron chi connectivity index (χ1n) is 7.04. The molecule has 2 N–H and O–H groups in total. The minimum Gasteiger partial charge on any atom is -0.347 e. The molecule has 0 heterocycles. The van der Waals surface area contributed by atoms with E-state index in [1.807, 2.05) is 0 Å². The summed E-state index contributed by atoms with van der Waals surface area (Å²) < 4.78 is 119. The number of alkyl halides is 9. The lowest BCUT2D eigenvalue weighted by atomic mass is 10.1. The van der Waals surface area contributed by atoms with Gasteiger partial charge in [-0.15, -0.1) is 0 Å². The Morgan fingerprint density at radius 2 is 1.42 bits per heavy atom. The van der Waals surface area contributed by atoms with Crippen LogP contribution in [0.15, 0.2) is 24.3 Å². The Balaban J connectivity index is 3.55. The van der Waals surface area contributed by atoms with Crippen molar-refractivity contribution >= 4 is 11.6 Å². The normalized spacial score (nSPS) is 13.5. The van der Waals surface area contributed by atoms with Gasteiger partial charge in [-0.1, -0.05) is 19.1 Å². The van der Waals surface area contributed by atoms with E-state index in [9.17, 15) is 44.3 Å². The van der Waals surface area contributed by atoms with Gasteiger partial charge < -0.3 is 10.6 Å². The van der Waals surface area contributed by atoms with Gasteiger partial charge in [0.2, 0.25) is 5.91 Å². The van der Waals surface area contributed by atoms with Crippen molar-refractivity contribution < 1.29 is 44.3 Å². The highest BCUT2D eigenvalue weighted by molar-refractivity contribution is 5.77. The standard InChI is InChI=1S/C14H13F9N2O/c1-2-5-10(26)25-12(13(18,19)20,14(21,22)23)24-9-7-4-3-6-8(9)11(15,16)17/h3-4,6-7,24H,2,5H2,1H3,(H,25,26). The molecule has 0 aliphatic heterocycles. The van der Waals surface area contributed by atoms with Gasteiger partial charge in [-0.3, -0.25) is 4.79 Å². The Labute approximate surface area is 141 Å². The number of benzene rings is 1. The number of nitrogens with one attached hydrogen (secondary N) is 2. The summed E-state index contributed by atoms with van der Waals surface area (Å²) in [6.07, 6.45) is -18.4. The van der Waals surface area contributed by atoms with Crippen molar-refractivity contribution in [2.24, 2.45) is 0 Å². The maximum atomic E-state index is 13.3. The molecule has 0 saturated carbocycles. The Morgan fingerprint density at radius 1 is 0.923 bits per heavy atom. The first kappa shape index (κ1) is 21.9. The number of halogens is 9. The molecular weight excluding hydrogens is 383 g/mol. The quantitative estimate of drug-likeness (QED) is 0.552. The zero-order valence-corrected chi connectivity index (χ0v) is 13.0. The molecule has 0 aromatic heterocycles. The summed E-state index contributed by atoms with van der Waals surface area (Å²) in [4.78, 5) is 11.5. The molecule has 3 nitrogen and oxygen atoms in total. The van der Waals surface area contributed by atoms with E-state index in [2.05, 4.69) is 0 Å². The molecule has 0 aliphatic rings. The summed E-state index contributed by atoms with van der Waals surface area (Å²) >= 11 is 0. The third-order valence-corrected chi connectivity index (χ3v) is 3.21. The number of carbonyl (C=O) groups is 1. The summed E-state index contributed by atoms with van der Waals surface area (Å²) in [5.74, 6) is -1.63. The Morgan fingerprint density at radius 3 is 1.85 bits per heavy atom. The molecule has 0 bridgehead atoms. The van der Waals surface area contributed by atoms with E-state index in [0.717, 1.165) is 22.8 Å². The van der Waals surface area contributed by atoms with Crippen molar-refractivity contribution in [1.82, 2.24) is 5.32 Å². The molecule has 0 saturated heterocycles. The first-order valence-corrected chi connectivity index (χ1v) is 7.04. The molecule has 0 atom stereocenters. The van der Waals surface area contributed by atoms with Gasteiger partial charge >= 0.3 is 24.2 Å². The fraction of sp³-hybridized carbons (Fsp3) is 0.500. The van der Waals surface area contributed by atoms with Gasteiger partial charge in [0.05, 0.1) is 5.56 Å². The molecule has 1 rings (SSSR count). The van der Waals surface area contributed by atoms with Gasteiger partial charge in [0.25, 0.3) is 0 Å². The Hall–Kier alpha value is -2.14. The smallest absolute Gasteiger partial charge is 0.347 e. The molecule has 0 fully saturated rings. The predicted octanol–water partition coefficient (Wildman–Crippen LogP) is 4.85. The number of rotatable bonds is 5. The van der Waals surface area contributed by atoms with Crippen molar-refractivity contribution in [3.05, 3.63) is 29.8 Å². The zero-order valence-electron chi connectivity index (χ0n) is 13.0. The van der Waals surface area contributed by atoms with Crippen LogP contribution in [0.4, 0.5) is 45.2 Å². The number of carbonyl (C=O) groups excluding carboxylic acids is 1. The van der Waals surface area contributed by atoms with Crippen LogP contribution in [0, 0.1) is 0 Å². The molecule has 148 valence electrons. The number of hydrogen-bond donors (Lipinski definition) is 2. The van der Waals surface area contributed by atoms with Gasteiger partial charge in [-0.05, 0) is 18.6 Å². The highest BCUT2D eigenvalue weighted by Gasteiger charge is 2.72. The van der Waals surface area contributed by atoms with E-state index < -0.39 is 47.8 Å². The molecule has 12 heteroatoms. The summed E-state index contributed by atoms with van der Waals surface area (Å²) in [5.41, 5.74) is -8.32. The lowest BCUT2D eigenvalue weighted by Gasteiger charge is -2.39. The maximum Gasteiger partial charge on any atom is 0.439 e. The first-order chi connectivity index (χ1) is 11.7. The highest BCUT2D eigenvalue weighted by Crippen LogP contribution is 2.45. The summed E-state index contributed by atoms with van der Waals surface area (Å²) in [5, 5.41) is 1.61. The second kappa shape index (κ2) is 7.23. The largest absolute Gasteiger partial charge is 0.439 e. The van der Waals surface area contributed by atoms with Crippen LogP contribution >= 0.6 is 0 Å². The Kier molecular flexibility index (Phi) is 6.09. The number of hydrogen-bond acceptors (Lipinski definition) is 2. The molecule has 1 aromatic rings. The fourth-order valence-electron chi connectivity index (χ4n) is 2.02. The van der Waals surface area contributed by atoms with Gasteiger partial charge in [-0.2, -0.15) is 39.5 Å². The summed E-state index contributed by atoms with van der Waals surface area (Å²) in [6.45, 7) is 1.33. The molecular formula is C14H13F9N2O. The van der Waals surface area contributed by atoms with Crippen LogP contribution in [-0.4, -0.2) is 23.9 Å². The molecule has 1 aromatic carbocycles. The molecule has 0 spiro atoms. The van der Waals surface area contributed by atoms with Gasteiger partial charge in [0.1, 0.15) is 0 Å². The third kappa shape index (κ3) is 4.52. The lowest BCUT2D eigenvalue weighted by Crippen LogP contribution is -2.72. The fourth-order valence-corrected chi connectivity index (χ4v) is 2.02. The minimum atomic E-state index is -6.19. The monoisotopic (exact) mass is 396 g/mol. The van der Waals surface area contributed by atoms with Crippen molar-refractivity contribution in [3.63, 3.8) is 0 Å². The van der Waals surface area contributed by atoms with Crippen LogP contribution in [0.5, 0.6) is 0 Å². The number of amides is 1. The van der Waals surface area contributed by atoms with Crippen LogP contribution in [0.3, 0.4) is 0 Å². The third-order valence-electron chi connectivity index (χ3n) is 3.21. The molecule has 0 unspecified atom stereocenters. The maximum absolute atomic E-state index is 13.3. The molecule has 1 amide bonds. The zero-order chi connectivity index (χ0) is 20.4. The van der Waals surface area contributed by atoms with E-state index in [1.165, 1.54) is 6.92 Å². The van der Waals surface area contributed by atoms with Gasteiger partial charge in [0.15, 0.2) is 0 Å². The Bertz CT molecular complexity index is 621. The molecule has 0 radical (unpaired) electrons. The van der Waals surface area contributed by atoms with Crippen LogP contribution in [-0.2, 0) is 11.0 Å². The van der Waals surface area contributed by atoms with E-state index in [4.69, 9.17) is 0 Å². The average molecular weight is 396 g/mol. The number of para-hydroxylation sites is 1. The van der Waals surface area contributed by atoms with E-state index in [-0.39, 0.29) is 6.42 Å². The van der Waals surface area contributed by atoms with Crippen LogP contribution in [0.1, 0.15) is 25.3 Å². The topological polar surface area (TPSA) is 41.1 Å². The molecule has 26 heavy (non-hydrogen) atoms. The van der Waals surface area contributed by atoms with Crippen molar-refractivity contribution in [2.45, 2.75) is 44.0 Å². The molecule has 0 aliphatic carbocycles. The van der Waals surface area contributed by atoms with Crippen molar-refractivity contribution in [2.75, 3.05) is 5.32 Å². The lowest BCUT2D eigenvalue weighted by molar-refractivity contribution is -0.296. The van der Waals surface area contributed by atoms with Crippen LogP contribution < -0.4 is 10.6 Å².